The van der Waals surface area contributed by atoms with E-state index in [2.05, 4.69) is 39.8 Å². The van der Waals surface area contributed by atoms with Crippen molar-refractivity contribution >= 4 is 0 Å². The van der Waals surface area contributed by atoms with Crippen molar-refractivity contribution in [2.45, 2.75) is 65.4 Å². The molecule has 18 heavy (non-hydrogen) atoms. The summed E-state index contributed by atoms with van der Waals surface area (Å²) in [5.74, 6) is 0.662. The zero-order valence-electron chi connectivity index (χ0n) is 12.2. The number of benzene rings is 1. The molecule has 1 saturated carbocycles. The van der Waals surface area contributed by atoms with E-state index in [1.54, 1.807) is 0 Å². The molecule has 0 heterocycles. The van der Waals surface area contributed by atoms with Crippen LogP contribution in [0.25, 0.3) is 0 Å². The Labute approximate surface area is 111 Å². The zero-order valence-corrected chi connectivity index (χ0v) is 12.2. The van der Waals surface area contributed by atoms with E-state index in [-0.39, 0.29) is 0 Å². The number of aliphatic hydroxyl groups is 1. The molecule has 0 saturated heterocycles. The summed E-state index contributed by atoms with van der Waals surface area (Å²) in [6.07, 6.45) is 5.19. The maximum absolute atomic E-state index is 10.8. The van der Waals surface area contributed by atoms with Crippen molar-refractivity contribution in [3.63, 3.8) is 0 Å². The van der Waals surface area contributed by atoms with Crippen molar-refractivity contribution in [3.8, 4) is 0 Å². The molecule has 2 atom stereocenters. The Morgan fingerprint density at radius 3 is 2.39 bits per heavy atom. The number of aryl methyl sites for hydroxylation is 3. The van der Waals surface area contributed by atoms with Crippen LogP contribution in [0.15, 0.2) is 12.1 Å². The van der Waals surface area contributed by atoms with Crippen LogP contribution in [0.2, 0.25) is 0 Å². The van der Waals surface area contributed by atoms with Gasteiger partial charge < -0.3 is 5.11 Å². The van der Waals surface area contributed by atoms with Gasteiger partial charge in [0.05, 0.1) is 5.60 Å². The van der Waals surface area contributed by atoms with Gasteiger partial charge in [-0.05, 0) is 56.2 Å². The van der Waals surface area contributed by atoms with E-state index in [4.69, 9.17) is 0 Å². The Kier molecular flexibility index (Phi) is 3.82. The minimum absolute atomic E-state index is 0.470. The first-order chi connectivity index (χ1) is 8.39. The molecule has 1 nitrogen and oxygen atoms in total. The predicted octanol–water partition coefficient (Wildman–Crippen LogP) is 4.10. The van der Waals surface area contributed by atoms with Crippen LogP contribution in [0, 0.1) is 26.7 Å². The predicted molar refractivity (Wildman–Crippen MR) is 76.9 cm³/mol. The summed E-state index contributed by atoms with van der Waals surface area (Å²) in [7, 11) is 0. The Bertz CT molecular complexity index is 412. The van der Waals surface area contributed by atoms with E-state index >= 15 is 0 Å². The van der Waals surface area contributed by atoms with Gasteiger partial charge in [0.1, 0.15) is 0 Å². The maximum atomic E-state index is 10.8. The maximum Gasteiger partial charge on any atom is 0.0690 e. The fourth-order valence-corrected chi connectivity index (χ4v) is 3.61. The monoisotopic (exact) mass is 246 g/mol. The lowest BCUT2D eigenvalue weighted by Crippen LogP contribution is -2.37. The molecule has 0 spiro atoms. The lowest BCUT2D eigenvalue weighted by Gasteiger charge is -2.36. The second kappa shape index (κ2) is 5.05. The first-order valence-electron chi connectivity index (χ1n) is 7.19. The summed E-state index contributed by atoms with van der Waals surface area (Å²) in [6.45, 7) is 8.75. The highest BCUT2D eigenvalue weighted by Gasteiger charge is 2.33. The topological polar surface area (TPSA) is 20.2 Å². The molecule has 100 valence electrons. The molecule has 1 fully saturated rings. The molecule has 0 bridgehead atoms. The van der Waals surface area contributed by atoms with Crippen LogP contribution in [0.3, 0.4) is 0 Å². The highest BCUT2D eigenvalue weighted by molar-refractivity contribution is 5.38. The molecule has 0 amide bonds. The molecule has 1 N–H and O–H groups in total. The van der Waals surface area contributed by atoms with E-state index in [0.29, 0.717) is 5.92 Å². The lowest BCUT2D eigenvalue weighted by atomic mass is 9.74. The van der Waals surface area contributed by atoms with Crippen molar-refractivity contribution in [3.05, 3.63) is 34.4 Å². The molecule has 0 aliphatic heterocycles. The third-order valence-corrected chi connectivity index (χ3v) is 4.41. The van der Waals surface area contributed by atoms with Crippen LogP contribution < -0.4 is 0 Å². The molecule has 0 aromatic heterocycles. The second-order valence-corrected chi connectivity index (χ2v) is 6.48. The van der Waals surface area contributed by atoms with Crippen molar-refractivity contribution < 1.29 is 5.11 Å². The second-order valence-electron chi connectivity index (χ2n) is 6.48. The third-order valence-electron chi connectivity index (χ3n) is 4.41. The molecule has 1 heteroatoms. The Balaban J connectivity index is 2.23. The number of rotatable bonds is 2. The van der Waals surface area contributed by atoms with Gasteiger partial charge in [0.25, 0.3) is 0 Å². The van der Waals surface area contributed by atoms with Gasteiger partial charge in [-0.2, -0.15) is 0 Å². The van der Waals surface area contributed by atoms with Crippen molar-refractivity contribution in [2.24, 2.45) is 5.92 Å². The van der Waals surface area contributed by atoms with Crippen molar-refractivity contribution in [1.29, 1.82) is 0 Å². The molecule has 2 unspecified atom stereocenters. The van der Waals surface area contributed by atoms with Crippen molar-refractivity contribution in [2.75, 3.05) is 0 Å². The van der Waals surface area contributed by atoms with Crippen molar-refractivity contribution in [1.82, 2.24) is 0 Å². The van der Waals surface area contributed by atoms with Gasteiger partial charge in [-0.25, -0.2) is 0 Å². The number of hydrogen-bond donors (Lipinski definition) is 1. The summed E-state index contributed by atoms with van der Waals surface area (Å²) in [5.41, 5.74) is 4.87. The normalized spacial score (nSPS) is 28.4. The van der Waals surface area contributed by atoms with Crippen LogP contribution in [0.4, 0.5) is 0 Å². The molecule has 1 aromatic carbocycles. The first-order valence-corrected chi connectivity index (χ1v) is 7.19. The van der Waals surface area contributed by atoms with Gasteiger partial charge in [-0.15, -0.1) is 0 Å². The van der Waals surface area contributed by atoms with E-state index in [0.717, 1.165) is 19.3 Å². The Morgan fingerprint density at radius 1 is 1.22 bits per heavy atom. The third kappa shape index (κ3) is 2.95. The van der Waals surface area contributed by atoms with Gasteiger partial charge in [-0.1, -0.05) is 37.5 Å². The van der Waals surface area contributed by atoms with Gasteiger partial charge in [0.2, 0.25) is 0 Å². The lowest BCUT2D eigenvalue weighted by molar-refractivity contribution is -0.0126. The van der Waals surface area contributed by atoms with E-state index in [1.165, 1.54) is 35.1 Å². The van der Waals surface area contributed by atoms with Gasteiger partial charge in [0, 0.05) is 6.42 Å². The summed E-state index contributed by atoms with van der Waals surface area (Å²) in [4.78, 5) is 0. The average Bonchev–Trinajstić information content (AvgIpc) is 2.23. The standard InChI is InChI=1S/C17H26O/c1-12-6-5-7-17(18,10-12)11-16-14(3)8-13(2)9-15(16)4/h8-9,12,18H,5-7,10-11H2,1-4H3. The molecule has 1 aliphatic carbocycles. The molecular weight excluding hydrogens is 220 g/mol. The average molecular weight is 246 g/mol. The summed E-state index contributed by atoms with van der Waals surface area (Å²) in [6, 6.07) is 4.47. The highest BCUT2D eigenvalue weighted by Crippen LogP contribution is 2.36. The molecule has 0 radical (unpaired) electrons. The van der Waals surface area contributed by atoms with E-state index in [1.807, 2.05) is 0 Å². The minimum Gasteiger partial charge on any atom is -0.390 e. The fourth-order valence-electron chi connectivity index (χ4n) is 3.61. The van der Waals surface area contributed by atoms with Crippen LogP contribution in [0.1, 0.15) is 54.9 Å². The largest absolute Gasteiger partial charge is 0.390 e. The molecular formula is C17H26O. The van der Waals surface area contributed by atoms with E-state index in [9.17, 15) is 5.11 Å². The first kappa shape index (κ1) is 13.6. The Hall–Kier alpha value is -0.820. The molecule has 2 rings (SSSR count). The van der Waals surface area contributed by atoms with Gasteiger partial charge in [-0.3, -0.25) is 0 Å². The van der Waals surface area contributed by atoms with Crippen LogP contribution in [0.5, 0.6) is 0 Å². The van der Waals surface area contributed by atoms with Gasteiger partial charge >= 0.3 is 0 Å². The quantitative estimate of drug-likeness (QED) is 0.833. The fraction of sp³-hybridized carbons (Fsp3) is 0.647. The van der Waals surface area contributed by atoms with Crippen LogP contribution in [-0.2, 0) is 6.42 Å². The van der Waals surface area contributed by atoms with Gasteiger partial charge in [0.15, 0.2) is 0 Å². The summed E-state index contributed by atoms with van der Waals surface area (Å²) < 4.78 is 0. The van der Waals surface area contributed by atoms with Crippen LogP contribution >= 0.6 is 0 Å². The smallest absolute Gasteiger partial charge is 0.0690 e. The minimum atomic E-state index is -0.470. The number of hydrogen-bond acceptors (Lipinski definition) is 1. The summed E-state index contributed by atoms with van der Waals surface area (Å²) >= 11 is 0. The molecule has 1 aliphatic rings. The highest BCUT2D eigenvalue weighted by atomic mass is 16.3. The van der Waals surface area contributed by atoms with Crippen LogP contribution in [-0.4, -0.2) is 10.7 Å². The zero-order chi connectivity index (χ0) is 13.3. The molecule has 1 aromatic rings. The Morgan fingerprint density at radius 2 is 1.83 bits per heavy atom. The summed E-state index contributed by atoms with van der Waals surface area (Å²) in [5, 5.41) is 10.8. The SMILES string of the molecule is Cc1cc(C)c(CC2(O)CCCC(C)C2)c(C)c1. The van der Waals surface area contributed by atoms with E-state index < -0.39 is 5.60 Å².